The van der Waals surface area contributed by atoms with Crippen LogP contribution in [-0.2, 0) is 6.54 Å². The van der Waals surface area contributed by atoms with Crippen LogP contribution in [0.2, 0.25) is 0 Å². The Hall–Kier alpha value is -0.490. The van der Waals surface area contributed by atoms with Gasteiger partial charge in [0.2, 0.25) is 0 Å². The number of piperidine rings is 1. The molecule has 0 unspecified atom stereocenters. The summed E-state index contributed by atoms with van der Waals surface area (Å²) in [6, 6.07) is 0.895. The third-order valence-corrected chi connectivity index (χ3v) is 5.85. The van der Waals surface area contributed by atoms with Crippen LogP contribution in [0.3, 0.4) is 0 Å². The van der Waals surface area contributed by atoms with Crippen molar-refractivity contribution in [1.82, 2.24) is 15.2 Å². The molecule has 3 rings (SSSR count). The molecule has 2 heterocycles. The zero-order chi connectivity index (χ0) is 15.4. The molecule has 2 N–H and O–H groups in total. The lowest BCUT2D eigenvalue weighted by molar-refractivity contribution is 0.0318. The summed E-state index contributed by atoms with van der Waals surface area (Å²) >= 11 is 1.71. The molecule has 4 nitrogen and oxygen atoms in total. The lowest BCUT2D eigenvalue weighted by Gasteiger charge is -2.38. The number of nitrogens with zero attached hydrogens (tertiary/aromatic N) is 2. The van der Waals surface area contributed by atoms with E-state index >= 15 is 0 Å². The van der Waals surface area contributed by atoms with Gasteiger partial charge in [0.1, 0.15) is 0 Å². The van der Waals surface area contributed by atoms with Crippen LogP contribution in [-0.4, -0.2) is 46.3 Å². The zero-order valence-electron chi connectivity index (χ0n) is 13.6. The number of rotatable bonds is 4. The molecular formula is C17H29N3OS. The van der Waals surface area contributed by atoms with Crippen LogP contribution in [0.25, 0.3) is 0 Å². The summed E-state index contributed by atoms with van der Waals surface area (Å²) in [5, 5.41) is 17.5. The van der Waals surface area contributed by atoms with Gasteiger partial charge < -0.3 is 10.4 Å². The van der Waals surface area contributed by atoms with Gasteiger partial charge in [-0.05, 0) is 26.2 Å². The van der Waals surface area contributed by atoms with Gasteiger partial charge in [0.05, 0.1) is 16.8 Å². The summed E-state index contributed by atoms with van der Waals surface area (Å²) in [6.45, 7) is 4.74. The number of aliphatic hydroxyl groups is 1. The standard InChI is InChI=1S/C17H29N3OS/c1-13-18-15(12-22-13)10-20-9-8-16(17(21)11-20)19-14-6-4-2-3-5-7-14/h12,14,16-17,19,21H,2-11H2,1H3/t16-,17-/m1/s1. The second-order valence-electron chi connectivity index (χ2n) is 6.91. The molecule has 22 heavy (non-hydrogen) atoms. The molecule has 1 saturated carbocycles. The number of aromatic nitrogens is 1. The van der Waals surface area contributed by atoms with E-state index in [0.29, 0.717) is 6.04 Å². The Balaban J connectivity index is 1.47. The molecule has 1 aliphatic carbocycles. The maximum absolute atomic E-state index is 10.5. The molecule has 5 heteroatoms. The molecule has 0 amide bonds. The number of aliphatic hydroxyl groups excluding tert-OH is 1. The molecule has 2 atom stereocenters. The van der Waals surface area contributed by atoms with Crippen molar-refractivity contribution in [2.45, 2.75) is 76.6 Å². The van der Waals surface area contributed by atoms with E-state index < -0.39 is 0 Å². The third-order valence-electron chi connectivity index (χ3n) is 5.02. The molecule has 1 aliphatic heterocycles. The largest absolute Gasteiger partial charge is 0.390 e. The van der Waals surface area contributed by atoms with Crippen molar-refractivity contribution in [3.8, 4) is 0 Å². The smallest absolute Gasteiger partial charge is 0.0897 e. The first-order chi connectivity index (χ1) is 10.7. The van der Waals surface area contributed by atoms with E-state index in [1.54, 1.807) is 11.3 Å². The summed E-state index contributed by atoms with van der Waals surface area (Å²) in [5.41, 5.74) is 1.14. The van der Waals surface area contributed by atoms with E-state index in [9.17, 15) is 5.11 Å². The van der Waals surface area contributed by atoms with Crippen LogP contribution in [0, 0.1) is 6.92 Å². The van der Waals surface area contributed by atoms with E-state index in [-0.39, 0.29) is 12.1 Å². The second-order valence-corrected chi connectivity index (χ2v) is 7.97. The SMILES string of the molecule is Cc1nc(CN2CC[C@@H](NC3CCCCCC3)[C@H](O)C2)cs1. The van der Waals surface area contributed by atoms with Gasteiger partial charge in [-0.25, -0.2) is 4.98 Å². The van der Waals surface area contributed by atoms with Crippen molar-refractivity contribution in [1.29, 1.82) is 0 Å². The van der Waals surface area contributed by atoms with Gasteiger partial charge in [-0.2, -0.15) is 0 Å². The summed E-state index contributed by atoms with van der Waals surface area (Å²) in [7, 11) is 0. The molecular weight excluding hydrogens is 294 g/mol. The van der Waals surface area contributed by atoms with Gasteiger partial charge in [0.15, 0.2) is 0 Å². The minimum atomic E-state index is -0.253. The van der Waals surface area contributed by atoms with Crippen LogP contribution >= 0.6 is 11.3 Å². The molecule has 2 fully saturated rings. The molecule has 1 saturated heterocycles. The predicted molar refractivity (Wildman–Crippen MR) is 91.2 cm³/mol. The first-order valence-corrected chi connectivity index (χ1v) is 9.66. The number of hydrogen-bond donors (Lipinski definition) is 2. The van der Waals surface area contributed by atoms with Crippen LogP contribution in [0.1, 0.15) is 55.6 Å². The van der Waals surface area contributed by atoms with Gasteiger partial charge in [0, 0.05) is 37.1 Å². The topological polar surface area (TPSA) is 48.4 Å². The normalized spacial score (nSPS) is 28.6. The minimum absolute atomic E-state index is 0.253. The van der Waals surface area contributed by atoms with Gasteiger partial charge in [-0.1, -0.05) is 25.7 Å². The van der Waals surface area contributed by atoms with Crippen molar-refractivity contribution < 1.29 is 5.11 Å². The Bertz CT molecular complexity index is 457. The summed E-state index contributed by atoms with van der Waals surface area (Å²) < 4.78 is 0. The summed E-state index contributed by atoms with van der Waals surface area (Å²) in [4.78, 5) is 6.87. The van der Waals surface area contributed by atoms with Crippen LogP contribution in [0.15, 0.2) is 5.38 Å². The van der Waals surface area contributed by atoms with Crippen LogP contribution in [0.4, 0.5) is 0 Å². The highest BCUT2D eigenvalue weighted by Crippen LogP contribution is 2.21. The fourth-order valence-corrected chi connectivity index (χ4v) is 4.40. The Morgan fingerprint density at radius 2 is 2.05 bits per heavy atom. The molecule has 2 aliphatic rings. The lowest BCUT2D eigenvalue weighted by Crippen LogP contribution is -2.54. The van der Waals surface area contributed by atoms with Crippen molar-refractivity contribution in [2.75, 3.05) is 13.1 Å². The molecule has 1 aromatic rings. The number of nitrogens with one attached hydrogen (secondary N) is 1. The molecule has 124 valence electrons. The fraction of sp³-hybridized carbons (Fsp3) is 0.824. The predicted octanol–water partition coefficient (Wildman–Crippen LogP) is 2.70. The molecule has 1 aromatic heterocycles. The van der Waals surface area contributed by atoms with Crippen molar-refractivity contribution in [3.05, 3.63) is 16.1 Å². The van der Waals surface area contributed by atoms with E-state index in [2.05, 4.69) is 20.6 Å². The van der Waals surface area contributed by atoms with Crippen molar-refractivity contribution in [2.24, 2.45) is 0 Å². The Morgan fingerprint density at radius 1 is 1.27 bits per heavy atom. The Kier molecular flexibility index (Phi) is 5.85. The van der Waals surface area contributed by atoms with E-state index in [4.69, 9.17) is 0 Å². The third kappa shape index (κ3) is 4.51. The number of β-amino-alcohol motifs (C(OH)–C–C–N with tert-alkyl or cyclic N) is 1. The molecule has 0 aromatic carbocycles. The first-order valence-electron chi connectivity index (χ1n) is 8.78. The Labute approximate surface area is 137 Å². The van der Waals surface area contributed by atoms with Crippen molar-refractivity contribution in [3.63, 3.8) is 0 Å². The van der Waals surface area contributed by atoms with E-state index in [1.165, 1.54) is 38.5 Å². The number of likely N-dealkylation sites (tertiary alicyclic amines) is 1. The number of thiazole rings is 1. The first kappa shape index (κ1) is 16.4. The van der Waals surface area contributed by atoms with Gasteiger partial charge in [0.25, 0.3) is 0 Å². The van der Waals surface area contributed by atoms with Gasteiger partial charge >= 0.3 is 0 Å². The molecule has 0 bridgehead atoms. The van der Waals surface area contributed by atoms with Crippen molar-refractivity contribution >= 4 is 11.3 Å². The molecule has 0 radical (unpaired) electrons. The van der Waals surface area contributed by atoms with E-state index in [1.807, 2.05) is 6.92 Å². The fourth-order valence-electron chi connectivity index (χ4n) is 3.79. The summed E-state index contributed by atoms with van der Waals surface area (Å²) in [5.74, 6) is 0. The van der Waals surface area contributed by atoms with Gasteiger partial charge in [-0.15, -0.1) is 11.3 Å². The van der Waals surface area contributed by atoms with Crippen LogP contribution < -0.4 is 5.32 Å². The minimum Gasteiger partial charge on any atom is -0.390 e. The van der Waals surface area contributed by atoms with E-state index in [0.717, 1.165) is 36.8 Å². The average molecular weight is 324 g/mol. The zero-order valence-corrected chi connectivity index (χ0v) is 14.4. The number of hydrogen-bond acceptors (Lipinski definition) is 5. The summed E-state index contributed by atoms with van der Waals surface area (Å²) in [6.07, 6.45) is 8.80. The highest BCUT2D eigenvalue weighted by atomic mass is 32.1. The van der Waals surface area contributed by atoms with Gasteiger partial charge in [-0.3, -0.25) is 4.90 Å². The molecule has 0 spiro atoms. The maximum Gasteiger partial charge on any atom is 0.0897 e. The average Bonchev–Trinajstić information content (AvgIpc) is 2.74. The van der Waals surface area contributed by atoms with Crippen LogP contribution in [0.5, 0.6) is 0 Å². The Morgan fingerprint density at radius 3 is 2.68 bits per heavy atom. The monoisotopic (exact) mass is 323 g/mol. The second kappa shape index (κ2) is 7.86. The highest BCUT2D eigenvalue weighted by Gasteiger charge is 2.29. The highest BCUT2D eigenvalue weighted by molar-refractivity contribution is 7.09. The maximum atomic E-state index is 10.5. The quantitative estimate of drug-likeness (QED) is 0.837. The number of aryl methyl sites for hydroxylation is 1. The lowest BCUT2D eigenvalue weighted by atomic mass is 9.98.